The van der Waals surface area contributed by atoms with E-state index in [0.717, 1.165) is 18.7 Å². The summed E-state index contributed by atoms with van der Waals surface area (Å²) in [5, 5.41) is 13.3. The van der Waals surface area contributed by atoms with E-state index in [4.69, 9.17) is 0 Å². The Labute approximate surface area is 125 Å². The van der Waals surface area contributed by atoms with Crippen LogP contribution in [0.3, 0.4) is 0 Å². The number of rotatable bonds is 5. The SMILES string of the molecule is COC(=O)C(O)=CC(=O)c1cnn(Cc2ccc(F)cc2)c1. The maximum Gasteiger partial charge on any atom is 0.373 e. The van der Waals surface area contributed by atoms with Gasteiger partial charge in [0.15, 0.2) is 5.78 Å². The number of nitrogens with zero attached hydrogens (tertiary/aromatic N) is 2. The van der Waals surface area contributed by atoms with E-state index in [9.17, 15) is 19.1 Å². The molecule has 0 spiro atoms. The fraction of sp³-hybridized carbons (Fsp3) is 0.133. The summed E-state index contributed by atoms with van der Waals surface area (Å²) in [5.41, 5.74) is 1.02. The second kappa shape index (κ2) is 6.66. The van der Waals surface area contributed by atoms with Crippen LogP contribution in [0.5, 0.6) is 0 Å². The van der Waals surface area contributed by atoms with Gasteiger partial charge in [-0.05, 0) is 17.7 Å². The van der Waals surface area contributed by atoms with E-state index in [1.54, 1.807) is 12.1 Å². The second-order valence-electron chi connectivity index (χ2n) is 4.44. The number of methoxy groups -OCH3 is 1. The predicted molar refractivity (Wildman–Crippen MR) is 74.8 cm³/mol. The van der Waals surface area contributed by atoms with Crippen LogP contribution < -0.4 is 0 Å². The van der Waals surface area contributed by atoms with Gasteiger partial charge in [0.2, 0.25) is 5.76 Å². The third-order valence-corrected chi connectivity index (χ3v) is 2.84. The molecule has 0 unspecified atom stereocenters. The van der Waals surface area contributed by atoms with Gasteiger partial charge in [0, 0.05) is 12.3 Å². The lowest BCUT2D eigenvalue weighted by Crippen LogP contribution is -2.06. The molecule has 0 saturated carbocycles. The largest absolute Gasteiger partial charge is 0.502 e. The second-order valence-corrected chi connectivity index (χ2v) is 4.44. The van der Waals surface area contributed by atoms with E-state index < -0.39 is 17.5 Å². The summed E-state index contributed by atoms with van der Waals surface area (Å²) in [6.45, 7) is 0.361. The highest BCUT2D eigenvalue weighted by Crippen LogP contribution is 2.07. The minimum atomic E-state index is -0.993. The summed E-state index contributed by atoms with van der Waals surface area (Å²) in [4.78, 5) is 22.8. The molecule has 0 fully saturated rings. The first kappa shape index (κ1) is 15.4. The van der Waals surface area contributed by atoms with E-state index in [-0.39, 0.29) is 11.4 Å². The minimum Gasteiger partial charge on any atom is -0.502 e. The third kappa shape index (κ3) is 3.78. The fourth-order valence-corrected chi connectivity index (χ4v) is 1.73. The van der Waals surface area contributed by atoms with E-state index in [1.165, 1.54) is 29.2 Å². The van der Waals surface area contributed by atoms with Gasteiger partial charge in [0.05, 0.1) is 25.4 Å². The highest BCUT2D eigenvalue weighted by Gasteiger charge is 2.12. The molecule has 2 aromatic rings. The van der Waals surface area contributed by atoms with Crippen molar-refractivity contribution in [3.8, 4) is 0 Å². The van der Waals surface area contributed by atoms with Gasteiger partial charge >= 0.3 is 5.97 Å². The van der Waals surface area contributed by atoms with Crippen LogP contribution in [0.1, 0.15) is 15.9 Å². The molecule has 1 heterocycles. The van der Waals surface area contributed by atoms with Crippen molar-refractivity contribution in [3.63, 3.8) is 0 Å². The fourth-order valence-electron chi connectivity index (χ4n) is 1.73. The zero-order chi connectivity index (χ0) is 16.1. The number of aliphatic hydroxyl groups is 1. The van der Waals surface area contributed by atoms with E-state index in [0.29, 0.717) is 6.54 Å². The topological polar surface area (TPSA) is 81.4 Å². The zero-order valence-corrected chi connectivity index (χ0v) is 11.7. The normalized spacial score (nSPS) is 11.3. The number of allylic oxidation sites excluding steroid dienone is 1. The number of aromatic nitrogens is 2. The van der Waals surface area contributed by atoms with Crippen molar-refractivity contribution < 1.29 is 23.8 Å². The monoisotopic (exact) mass is 304 g/mol. The van der Waals surface area contributed by atoms with Gasteiger partial charge in [-0.15, -0.1) is 0 Å². The van der Waals surface area contributed by atoms with Gasteiger partial charge < -0.3 is 9.84 Å². The Morgan fingerprint density at radius 2 is 2.05 bits per heavy atom. The first-order valence-electron chi connectivity index (χ1n) is 6.30. The molecule has 1 aromatic carbocycles. The standard InChI is InChI=1S/C15H13FN2O4/c1-22-15(21)14(20)6-13(19)11-7-17-18(9-11)8-10-2-4-12(16)5-3-10/h2-7,9,20H,8H2,1H3. The molecule has 0 aliphatic rings. The number of carbonyl (C=O) groups excluding carboxylic acids is 2. The zero-order valence-electron chi connectivity index (χ0n) is 11.7. The van der Waals surface area contributed by atoms with Crippen LogP contribution in [0.4, 0.5) is 4.39 Å². The van der Waals surface area contributed by atoms with Crippen molar-refractivity contribution in [3.05, 3.63) is 65.4 Å². The third-order valence-electron chi connectivity index (χ3n) is 2.84. The summed E-state index contributed by atoms with van der Waals surface area (Å²) in [6.07, 6.45) is 3.55. The summed E-state index contributed by atoms with van der Waals surface area (Å²) < 4.78 is 18.6. The molecule has 6 nitrogen and oxygen atoms in total. The molecular weight excluding hydrogens is 291 g/mol. The van der Waals surface area contributed by atoms with Gasteiger partial charge in [-0.1, -0.05) is 12.1 Å². The van der Waals surface area contributed by atoms with Gasteiger partial charge in [-0.2, -0.15) is 5.10 Å². The Morgan fingerprint density at radius 3 is 2.68 bits per heavy atom. The molecule has 0 bridgehead atoms. The van der Waals surface area contributed by atoms with Crippen molar-refractivity contribution in [1.82, 2.24) is 9.78 Å². The van der Waals surface area contributed by atoms with Gasteiger partial charge in [-0.3, -0.25) is 9.48 Å². The quantitative estimate of drug-likeness (QED) is 0.395. The number of aliphatic hydroxyl groups excluding tert-OH is 1. The van der Waals surface area contributed by atoms with Crippen molar-refractivity contribution in [2.75, 3.05) is 7.11 Å². The van der Waals surface area contributed by atoms with Crippen molar-refractivity contribution in [2.45, 2.75) is 6.54 Å². The number of esters is 1. The number of ether oxygens (including phenoxy) is 1. The van der Waals surface area contributed by atoms with Crippen molar-refractivity contribution >= 4 is 11.8 Å². The molecule has 1 aromatic heterocycles. The van der Waals surface area contributed by atoms with Gasteiger partial charge in [0.1, 0.15) is 5.82 Å². The first-order valence-corrected chi connectivity index (χ1v) is 6.30. The van der Waals surface area contributed by atoms with Gasteiger partial charge in [0.25, 0.3) is 0 Å². The predicted octanol–water partition coefficient (Wildman–Crippen LogP) is 1.87. The Balaban J connectivity index is 2.09. The van der Waals surface area contributed by atoms with Crippen LogP contribution in [0, 0.1) is 5.82 Å². The minimum absolute atomic E-state index is 0.206. The molecule has 0 radical (unpaired) electrons. The molecule has 0 amide bonds. The van der Waals surface area contributed by atoms with Crippen LogP contribution in [0.2, 0.25) is 0 Å². The van der Waals surface area contributed by atoms with Crippen LogP contribution >= 0.6 is 0 Å². The van der Waals surface area contributed by atoms with Crippen LogP contribution in [0.25, 0.3) is 0 Å². The molecule has 22 heavy (non-hydrogen) atoms. The van der Waals surface area contributed by atoms with E-state index in [1.807, 2.05) is 0 Å². The summed E-state index contributed by atoms with van der Waals surface area (Å²) in [6, 6.07) is 5.90. The molecule has 1 N–H and O–H groups in total. The highest BCUT2D eigenvalue weighted by molar-refractivity contribution is 6.07. The van der Waals surface area contributed by atoms with Crippen LogP contribution in [0.15, 0.2) is 48.5 Å². The maximum atomic E-state index is 12.8. The van der Waals surface area contributed by atoms with Gasteiger partial charge in [-0.25, -0.2) is 9.18 Å². The van der Waals surface area contributed by atoms with Crippen molar-refractivity contribution in [2.24, 2.45) is 0 Å². The number of halogens is 1. The Bertz CT molecular complexity index is 719. The summed E-state index contributed by atoms with van der Waals surface area (Å²) in [7, 11) is 1.09. The molecule has 114 valence electrons. The smallest absolute Gasteiger partial charge is 0.373 e. The molecule has 0 saturated heterocycles. The summed E-state index contributed by atoms with van der Waals surface area (Å²) in [5.74, 6) is -2.68. The average molecular weight is 304 g/mol. The number of benzene rings is 1. The maximum absolute atomic E-state index is 12.8. The van der Waals surface area contributed by atoms with E-state index in [2.05, 4.69) is 9.84 Å². The number of hydrogen-bond acceptors (Lipinski definition) is 5. The summed E-state index contributed by atoms with van der Waals surface area (Å²) >= 11 is 0. The number of hydrogen-bond donors (Lipinski definition) is 1. The number of carbonyl (C=O) groups is 2. The molecule has 7 heteroatoms. The van der Waals surface area contributed by atoms with Crippen LogP contribution in [-0.2, 0) is 16.1 Å². The van der Waals surface area contributed by atoms with Crippen molar-refractivity contribution in [1.29, 1.82) is 0 Å². The lowest BCUT2D eigenvalue weighted by molar-refractivity contribution is -0.139. The molecular formula is C15H13FN2O4. The molecule has 0 aliphatic heterocycles. The lowest BCUT2D eigenvalue weighted by atomic mass is 10.2. The molecule has 0 aliphatic carbocycles. The Morgan fingerprint density at radius 1 is 1.36 bits per heavy atom. The Hall–Kier alpha value is -2.96. The number of ketones is 1. The highest BCUT2D eigenvalue weighted by atomic mass is 19.1. The van der Waals surface area contributed by atoms with E-state index >= 15 is 0 Å². The Kier molecular flexibility index (Phi) is 4.67. The molecule has 2 rings (SSSR count). The average Bonchev–Trinajstić information content (AvgIpc) is 2.97. The first-order chi connectivity index (χ1) is 10.5. The molecule has 0 atom stereocenters. The van der Waals surface area contributed by atoms with Crippen LogP contribution in [-0.4, -0.2) is 33.7 Å². The lowest BCUT2D eigenvalue weighted by Gasteiger charge is -2.01.